The molecule has 2 aliphatic carbocycles. The van der Waals surface area contributed by atoms with Gasteiger partial charge in [-0.1, -0.05) is 119 Å². The van der Waals surface area contributed by atoms with Gasteiger partial charge < -0.3 is 0 Å². The average Bonchev–Trinajstić information content (AvgIpc) is 3.26. The fourth-order valence-corrected chi connectivity index (χ4v) is 8.39. The molecule has 57 heavy (non-hydrogen) atoms. The molecule has 324 valence electrons. The lowest BCUT2D eigenvalue weighted by Crippen LogP contribution is -2.37. The molecule has 0 radical (unpaired) electrons. The lowest BCUT2D eigenvalue weighted by Gasteiger charge is -2.38. The number of aromatic nitrogens is 2. The number of nitrogens with zero attached hydrogens (tertiary/aromatic N) is 5. The second-order valence-electron chi connectivity index (χ2n) is 17.4. The van der Waals surface area contributed by atoms with Crippen LogP contribution in [0, 0.1) is 23.2 Å². The number of hydrogen-bond acceptors (Lipinski definition) is 5. The summed E-state index contributed by atoms with van der Waals surface area (Å²) >= 11 is 0. The molecule has 0 amide bonds. The summed E-state index contributed by atoms with van der Waals surface area (Å²) in [7, 11) is 4.50. The molecule has 2 saturated carbocycles. The van der Waals surface area contributed by atoms with Gasteiger partial charge in [-0.3, -0.25) is 24.7 Å². The number of benzene rings is 1. The molecule has 3 fully saturated rings. The van der Waals surface area contributed by atoms with Crippen LogP contribution in [0.3, 0.4) is 0 Å². The zero-order valence-electron chi connectivity index (χ0n) is 40.0. The lowest BCUT2D eigenvalue weighted by atomic mass is 9.75. The van der Waals surface area contributed by atoms with Crippen molar-refractivity contribution in [2.24, 2.45) is 23.2 Å². The van der Waals surface area contributed by atoms with Gasteiger partial charge in [-0.15, -0.1) is 0 Å². The Morgan fingerprint density at radius 2 is 0.930 bits per heavy atom. The summed E-state index contributed by atoms with van der Waals surface area (Å²) in [4.78, 5) is 16.5. The zero-order chi connectivity index (χ0) is 42.8. The van der Waals surface area contributed by atoms with E-state index in [0.29, 0.717) is 17.5 Å². The van der Waals surface area contributed by atoms with E-state index in [1.165, 1.54) is 94.2 Å². The van der Waals surface area contributed by atoms with Gasteiger partial charge in [0.05, 0.1) is 11.4 Å². The SMILES string of the molecule is CC.CC.CC.CC(C)(C)C1CCN(Cc2ccccc2)CC1.CC1CCC(N(C)C(C)c2ccccn2)CC1.CC1CCC(N(C)C(C)c2ccccn2)CC1. The van der Waals surface area contributed by atoms with E-state index in [2.05, 4.69) is 142 Å². The topological polar surface area (TPSA) is 35.5 Å². The Morgan fingerprint density at radius 3 is 1.26 bits per heavy atom. The number of pyridine rings is 2. The van der Waals surface area contributed by atoms with Gasteiger partial charge in [0.1, 0.15) is 0 Å². The molecule has 0 spiro atoms. The summed E-state index contributed by atoms with van der Waals surface area (Å²) in [5.41, 5.74) is 4.31. The van der Waals surface area contributed by atoms with Gasteiger partial charge >= 0.3 is 0 Å². The van der Waals surface area contributed by atoms with E-state index in [9.17, 15) is 0 Å². The summed E-state index contributed by atoms with van der Waals surface area (Å²) < 4.78 is 0. The minimum Gasteiger partial charge on any atom is -0.299 e. The van der Waals surface area contributed by atoms with E-state index in [4.69, 9.17) is 0 Å². The molecule has 2 atom stereocenters. The van der Waals surface area contributed by atoms with Crippen molar-refractivity contribution in [1.29, 1.82) is 0 Å². The normalized spacial score (nSPS) is 22.3. The van der Waals surface area contributed by atoms with Crippen LogP contribution >= 0.6 is 0 Å². The van der Waals surface area contributed by atoms with Crippen molar-refractivity contribution < 1.29 is 0 Å². The highest BCUT2D eigenvalue weighted by molar-refractivity contribution is 5.14. The van der Waals surface area contributed by atoms with Crippen molar-refractivity contribution in [2.75, 3.05) is 27.2 Å². The fraction of sp³-hybridized carbons (Fsp3) is 0.692. The molecule has 1 aliphatic heterocycles. The Morgan fingerprint density at radius 1 is 0.561 bits per heavy atom. The van der Waals surface area contributed by atoms with Gasteiger partial charge in [0.25, 0.3) is 0 Å². The third-order valence-electron chi connectivity index (χ3n) is 12.6. The molecule has 1 saturated heterocycles. The van der Waals surface area contributed by atoms with Crippen LogP contribution in [-0.4, -0.2) is 63.9 Å². The van der Waals surface area contributed by atoms with Crippen LogP contribution in [0.4, 0.5) is 0 Å². The quantitative estimate of drug-likeness (QED) is 0.227. The molecule has 3 heterocycles. The van der Waals surface area contributed by atoms with Crippen molar-refractivity contribution in [3.63, 3.8) is 0 Å². The third-order valence-corrected chi connectivity index (χ3v) is 12.6. The van der Waals surface area contributed by atoms with Crippen LogP contribution in [0.15, 0.2) is 79.1 Å². The monoisotopic (exact) mass is 786 g/mol. The molecular formula is C52H91N5. The minimum absolute atomic E-state index is 0.426. The molecule has 3 aliphatic rings. The van der Waals surface area contributed by atoms with Crippen LogP contribution in [0.2, 0.25) is 0 Å². The molecule has 0 N–H and O–H groups in total. The van der Waals surface area contributed by atoms with E-state index in [0.717, 1.165) is 36.4 Å². The van der Waals surface area contributed by atoms with Crippen LogP contribution in [0.25, 0.3) is 0 Å². The van der Waals surface area contributed by atoms with Crippen molar-refractivity contribution in [1.82, 2.24) is 24.7 Å². The highest BCUT2D eigenvalue weighted by Crippen LogP contribution is 2.35. The molecule has 5 nitrogen and oxygen atoms in total. The van der Waals surface area contributed by atoms with E-state index < -0.39 is 0 Å². The van der Waals surface area contributed by atoms with Gasteiger partial charge in [-0.2, -0.15) is 0 Å². The largest absolute Gasteiger partial charge is 0.299 e. The molecule has 6 rings (SSSR count). The Kier molecular flexibility index (Phi) is 27.2. The minimum atomic E-state index is 0.426. The smallest absolute Gasteiger partial charge is 0.0572 e. The van der Waals surface area contributed by atoms with Crippen LogP contribution in [0.1, 0.15) is 183 Å². The summed E-state index contributed by atoms with van der Waals surface area (Å²) in [5, 5.41) is 0. The fourth-order valence-electron chi connectivity index (χ4n) is 8.39. The molecule has 2 unspecified atom stereocenters. The zero-order valence-corrected chi connectivity index (χ0v) is 40.0. The van der Waals surface area contributed by atoms with Crippen molar-refractivity contribution in [3.05, 3.63) is 96.1 Å². The van der Waals surface area contributed by atoms with Crippen LogP contribution in [-0.2, 0) is 6.54 Å². The van der Waals surface area contributed by atoms with Gasteiger partial charge in [0.15, 0.2) is 0 Å². The first-order valence-electron chi connectivity index (χ1n) is 23.4. The lowest BCUT2D eigenvalue weighted by molar-refractivity contribution is 0.108. The number of hydrogen-bond donors (Lipinski definition) is 0. The molecule has 5 heteroatoms. The summed E-state index contributed by atoms with van der Waals surface area (Å²) in [5.74, 6) is 2.74. The Balaban J connectivity index is 0.000000400. The Hall–Kier alpha value is -2.60. The van der Waals surface area contributed by atoms with Crippen molar-refractivity contribution >= 4 is 0 Å². The predicted molar refractivity (Wildman–Crippen MR) is 252 cm³/mol. The van der Waals surface area contributed by atoms with E-state index in [1.807, 2.05) is 66.1 Å². The first-order valence-corrected chi connectivity index (χ1v) is 23.4. The molecule has 1 aromatic carbocycles. The van der Waals surface area contributed by atoms with E-state index in [-0.39, 0.29) is 0 Å². The predicted octanol–water partition coefficient (Wildman–Crippen LogP) is 14.3. The van der Waals surface area contributed by atoms with Crippen LogP contribution < -0.4 is 0 Å². The second kappa shape index (κ2) is 29.6. The summed E-state index contributed by atoms with van der Waals surface area (Å²) in [6, 6.07) is 25.5. The number of piperidine rings is 1. The maximum atomic E-state index is 4.47. The van der Waals surface area contributed by atoms with E-state index in [1.54, 1.807) is 0 Å². The molecule has 2 aromatic heterocycles. The number of likely N-dealkylation sites (tertiary alicyclic amines) is 1. The van der Waals surface area contributed by atoms with Crippen molar-refractivity contribution in [2.45, 2.75) is 185 Å². The van der Waals surface area contributed by atoms with Gasteiger partial charge in [0.2, 0.25) is 0 Å². The highest BCUT2D eigenvalue weighted by Gasteiger charge is 2.29. The van der Waals surface area contributed by atoms with E-state index >= 15 is 0 Å². The molecular weight excluding hydrogens is 695 g/mol. The molecule has 0 bridgehead atoms. The van der Waals surface area contributed by atoms with Gasteiger partial charge in [-0.05, 0) is 158 Å². The average molecular weight is 786 g/mol. The second-order valence-corrected chi connectivity index (χ2v) is 17.4. The van der Waals surface area contributed by atoms with Gasteiger partial charge in [-0.25, -0.2) is 0 Å². The third kappa shape index (κ3) is 19.3. The van der Waals surface area contributed by atoms with Crippen LogP contribution in [0.5, 0.6) is 0 Å². The summed E-state index contributed by atoms with van der Waals surface area (Å²) in [6.07, 6.45) is 17.4. The Labute approximate surface area is 354 Å². The number of rotatable bonds is 8. The maximum Gasteiger partial charge on any atom is 0.0572 e. The Bertz CT molecular complexity index is 1250. The maximum absolute atomic E-state index is 4.47. The highest BCUT2D eigenvalue weighted by atomic mass is 15.2. The standard InChI is InChI=1S/C16H25N.2C15H24N2.3C2H6/c1-16(2,3)15-9-11-17(12-10-15)13-14-7-5-4-6-8-14;2*1-12-7-9-14(10-8-12)17(3)13(2)15-6-4-5-11-16-15;3*1-2/h4-8,15H,9-13H2,1-3H3;2*4-6,11-14H,7-10H2,1-3H3;3*1-2H3. The summed E-state index contributed by atoms with van der Waals surface area (Å²) in [6.45, 7) is 32.1. The van der Waals surface area contributed by atoms with Gasteiger partial charge in [0, 0.05) is 43.1 Å². The molecule has 3 aromatic rings. The van der Waals surface area contributed by atoms with Crippen molar-refractivity contribution in [3.8, 4) is 0 Å². The first-order chi connectivity index (χ1) is 27.4. The first kappa shape index (κ1) is 52.4.